The number of furan rings is 1. The van der Waals surface area contributed by atoms with Crippen molar-refractivity contribution < 1.29 is 28.2 Å². The number of rotatable bonds is 7. The van der Waals surface area contributed by atoms with Crippen LogP contribution in [0, 0.1) is 0 Å². The van der Waals surface area contributed by atoms with Crippen molar-refractivity contribution in [1.82, 2.24) is 9.38 Å². The molecule has 4 aromatic rings. The van der Waals surface area contributed by atoms with Gasteiger partial charge in [0.1, 0.15) is 12.0 Å². The van der Waals surface area contributed by atoms with Crippen LogP contribution in [-0.4, -0.2) is 42.0 Å². The first-order valence-corrected chi connectivity index (χ1v) is 9.56. The summed E-state index contributed by atoms with van der Waals surface area (Å²) in [5.74, 6) is 0.655. The first-order chi connectivity index (χ1) is 15.1. The highest BCUT2D eigenvalue weighted by atomic mass is 16.5. The number of hydrogen-bond acceptors (Lipinski definition) is 7. The van der Waals surface area contributed by atoms with Crippen LogP contribution in [0.3, 0.4) is 0 Å². The Balaban J connectivity index is 1.86. The van der Waals surface area contributed by atoms with Crippen LogP contribution >= 0.6 is 0 Å². The van der Waals surface area contributed by atoms with Gasteiger partial charge in [-0.15, -0.1) is 0 Å². The lowest BCUT2D eigenvalue weighted by molar-refractivity contribution is 0.0529. The lowest BCUT2D eigenvalue weighted by atomic mass is 10.1. The number of carbonyl (C=O) groups is 2. The molecule has 0 N–H and O–H groups in total. The smallest absolute Gasteiger partial charge is 0.340 e. The molecule has 3 heterocycles. The molecule has 0 unspecified atom stereocenters. The molecule has 0 saturated carbocycles. The third-order valence-corrected chi connectivity index (χ3v) is 4.81. The molecule has 0 bridgehead atoms. The third kappa shape index (κ3) is 3.63. The molecule has 4 rings (SSSR count). The summed E-state index contributed by atoms with van der Waals surface area (Å²) in [5, 5.41) is 0. The van der Waals surface area contributed by atoms with Crippen molar-refractivity contribution >= 4 is 17.3 Å². The summed E-state index contributed by atoms with van der Waals surface area (Å²) in [6.45, 7) is 1.94. The third-order valence-electron chi connectivity index (χ3n) is 4.81. The molecule has 3 aromatic heterocycles. The zero-order valence-corrected chi connectivity index (χ0v) is 17.2. The predicted octanol–water partition coefficient (Wildman–Crippen LogP) is 4.02. The van der Waals surface area contributed by atoms with Gasteiger partial charge in [-0.2, -0.15) is 0 Å². The SMILES string of the molecule is CCOC(=O)c1cc(C(=O)c2ccc(OC)c(OC)c2)n2cnc(-c3ccco3)cc12. The van der Waals surface area contributed by atoms with Crippen molar-refractivity contribution in [3.8, 4) is 23.0 Å². The Morgan fingerprint density at radius 2 is 1.87 bits per heavy atom. The van der Waals surface area contributed by atoms with Gasteiger partial charge < -0.3 is 18.6 Å². The van der Waals surface area contributed by atoms with Gasteiger partial charge in [-0.3, -0.25) is 9.20 Å². The van der Waals surface area contributed by atoms with Gasteiger partial charge in [0.25, 0.3) is 0 Å². The largest absolute Gasteiger partial charge is 0.493 e. The lowest BCUT2D eigenvalue weighted by Gasteiger charge is -2.09. The maximum Gasteiger partial charge on any atom is 0.340 e. The fraction of sp³-hybridized carbons (Fsp3) is 0.174. The van der Waals surface area contributed by atoms with Crippen molar-refractivity contribution in [3.05, 3.63) is 71.9 Å². The van der Waals surface area contributed by atoms with Crippen LogP contribution in [-0.2, 0) is 4.74 Å². The Hall–Kier alpha value is -4.07. The molecule has 158 valence electrons. The van der Waals surface area contributed by atoms with Crippen molar-refractivity contribution in [2.45, 2.75) is 6.92 Å². The summed E-state index contributed by atoms with van der Waals surface area (Å²) in [5.41, 5.74) is 1.93. The normalized spacial score (nSPS) is 10.8. The fourth-order valence-corrected chi connectivity index (χ4v) is 3.33. The maximum absolute atomic E-state index is 13.3. The van der Waals surface area contributed by atoms with Crippen LogP contribution in [0.5, 0.6) is 11.5 Å². The van der Waals surface area contributed by atoms with Crippen molar-refractivity contribution in [1.29, 1.82) is 0 Å². The average Bonchev–Trinajstić information content (AvgIpc) is 3.46. The minimum atomic E-state index is -0.525. The molecular formula is C23H20N2O6. The van der Waals surface area contributed by atoms with E-state index >= 15 is 0 Å². The zero-order chi connectivity index (χ0) is 22.0. The number of fused-ring (bicyclic) bond motifs is 1. The van der Waals surface area contributed by atoms with Crippen LogP contribution in [0.15, 0.2) is 59.5 Å². The molecule has 0 saturated heterocycles. The Morgan fingerprint density at radius 3 is 2.55 bits per heavy atom. The molecule has 8 heteroatoms. The lowest BCUT2D eigenvalue weighted by Crippen LogP contribution is -2.06. The van der Waals surface area contributed by atoms with Crippen molar-refractivity contribution in [2.24, 2.45) is 0 Å². The van der Waals surface area contributed by atoms with E-state index < -0.39 is 5.97 Å². The van der Waals surface area contributed by atoms with Crippen LogP contribution in [0.25, 0.3) is 17.0 Å². The van der Waals surface area contributed by atoms with E-state index in [9.17, 15) is 9.59 Å². The highest BCUT2D eigenvalue weighted by Crippen LogP contribution is 2.30. The molecule has 0 aliphatic heterocycles. The van der Waals surface area contributed by atoms with Crippen LogP contribution < -0.4 is 9.47 Å². The number of benzene rings is 1. The second-order valence-corrected chi connectivity index (χ2v) is 6.57. The number of esters is 1. The molecule has 31 heavy (non-hydrogen) atoms. The van der Waals surface area contributed by atoms with Gasteiger partial charge in [-0.05, 0) is 49.4 Å². The van der Waals surface area contributed by atoms with Gasteiger partial charge in [0.15, 0.2) is 17.3 Å². The zero-order valence-electron chi connectivity index (χ0n) is 17.2. The number of nitrogens with zero attached hydrogens (tertiary/aromatic N) is 2. The molecule has 8 nitrogen and oxygen atoms in total. The highest BCUT2D eigenvalue weighted by molar-refractivity contribution is 6.11. The molecule has 1 aromatic carbocycles. The topological polar surface area (TPSA) is 92.3 Å². The summed E-state index contributed by atoms with van der Waals surface area (Å²) in [6.07, 6.45) is 3.03. The number of aromatic nitrogens is 2. The molecule has 0 aliphatic rings. The molecule has 0 amide bonds. The van der Waals surface area contributed by atoms with E-state index in [1.54, 1.807) is 47.7 Å². The minimum absolute atomic E-state index is 0.214. The first-order valence-electron chi connectivity index (χ1n) is 9.56. The second-order valence-electron chi connectivity index (χ2n) is 6.57. The van der Waals surface area contributed by atoms with Crippen LogP contribution in [0.4, 0.5) is 0 Å². The number of ether oxygens (including phenoxy) is 3. The van der Waals surface area contributed by atoms with E-state index in [4.69, 9.17) is 18.6 Å². The summed E-state index contributed by atoms with van der Waals surface area (Å²) < 4.78 is 22.7. The van der Waals surface area contributed by atoms with Gasteiger partial charge in [-0.25, -0.2) is 9.78 Å². The Kier molecular flexibility index (Phi) is 5.44. The van der Waals surface area contributed by atoms with Gasteiger partial charge in [0.2, 0.25) is 5.78 Å². The highest BCUT2D eigenvalue weighted by Gasteiger charge is 2.23. The molecule has 0 aliphatic carbocycles. The van der Waals surface area contributed by atoms with E-state index in [1.807, 2.05) is 0 Å². The Bertz CT molecular complexity index is 1260. The molecular weight excluding hydrogens is 400 g/mol. The van der Waals surface area contributed by atoms with Crippen LogP contribution in [0.1, 0.15) is 33.3 Å². The maximum atomic E-state index is 13.3. The average molecular weight is 420 g/mol. The van der Waals surface area contributed by atoms with Gasteiger partial charge in [0.05, 0.1) is 43.9 Å². The fourth-order valence-electron chi connectivity index (χ4n) is 3.33. The van der Waals surface area contributed by atoms with Gasteiger partial charge in [-0.1, -0.05) is 0 Å². The summed E-state index contributed by atoms with van der Waals surface area (Å²) in [6, 6.07) is 11.6. The number of methoxy groups -OCH3 is 2. The number of hydrogen-bond donors (Lipinski definition) is 0. The van der Waals surface area contributed by atoms with Crippen molar-refractivity contribution in [3.63, 3.8) is 0 Å². The number of carbonyl (C=O) groups excluding carboxylic acids is 2. The monoisotopic (exact) mass is 420 g/mol. The predicted molar refractivity (Wildman–Crippen MR) is 112 cm³/mol. The first kappa shape index (κ1) is 20.2. The second kappa shape index (κ2) is 8.35. The van der Waals surface area contributed by atoms with Crippen molar-refractivity contribution in [2.75, 3.05) is 20.8 Å². The van der Waals surface area contributed by atoms with Crippen LogP contribution in [0.2, 0.25) is 0 Å². The van der Waals surface area contributed by atoms with E-state index in [-0.39, 0.29) is 23.6 Å². The van der Waals surface area contributed by atoms with E-state index in [0.717, 1.165) is 0 Å². The quantitative estimate of drug-likeness (QED) is 0.329. The minimum Gasteiger partial charge on any atom is -0.493 e. The van der Waals surface area contributed by atoms with E-state index in [2.05, 4.69) is 4.98 Å². The summed E-state index contributed by atoms with van der Waals surface area (Å²) in [7, 11) is 3.02. The molecule has 0 fully saturated rings. The van der Waals surface area contributed by atoms with Gasteiger partial charge >= 0.3 is 5.97 Å². The Morgan fingerprint density at radius 1 is 1.06 bits per heavy atom. The summed E-state index contributed by atoms with van der Waals surface area (Å²) in [4.78, 5) is 30.3. The van der Waals surface area contributed by atoms with E-state index in [0.29, 0.717) is 34.0 Å². The molecule has 0 spiro atoms. The Labute approximate surface area is 178 Å². The van der Waals surface area contributed by atoms with E-state index in [1.165, 1.54) is 32.9 Å². The molecule has 0 atom stereocenters. The van der Waals surface area contributed by atoms with Gasteiger partial charge in [0, 0.05) is 5.56 Å². The number of ketones is 1. The molecule has 0 radical (unpaired) electrons. The standard InChI is InChI=1S/C23H20N2O6/c1-4-30-23(27)15-11-18(22(26)14-7-8-20(28-2)21(10-14)29-3)25-13-24-16(12-17(15)25)19-6-5-9-31-19/h5-13H,4H2,1-3H3. The summed E-state index contributed by atoms with van der Waals surface area (Å²) >= 11 is 0.